The van der Waals surface area contributed by atoms with E-state index in [1.54, 1.807) is 0 Å². The highest BCUT2D eigenvalue weighted by atomic mass is 16.5. The Bertz CT molecular complexity index is 5410. The van der Waals surface area contributed by atoms with Crippen molar-refractivity contribution >= 4 is 80.3 Å². The summed E-state index contributed by atoms with van der Waals surface area (Å²) in [5.74, 6) is 3.30. The summed E-state index contributed by atoms with van der Waals surface area (Å²) in [6.07, 6.45) is 0. The van der Waals surface area contributed by atoms with E-state index < -0.39 is 0 Å². The van der Waals surface area contributed by atoms with E-state index in [1.165, 1.54) is 5.46 Å². The second-order valence-corrected chi connectivity index (χ2v) is 25.4. The molecule has 15 aromatic rings. The fraction of sp³-hybridized carbons (Fsp3) is 0. The molecule has 0 unspecified atom stereocenters. The molecule has 15 aromatic carbocycles. The summed E-state index contributed by atoms with van der Waals surface area (Å²) >= 11 is 0. The fourth-order valence-electron chi connectivity index (χ4n) is 15.6. The Balaban J connectivity index is 0.933. The molecular formula is C90H58B2N2O2. The highest BCUT2D eigenvalue weighted by Crippen LogP contribution is 2.54. The first kappa shape index (κ1) is 55.3. The molecular weight excluding hydrogens is 1160 g/mol. The number of hydrogen-bond acceptors (Lipinski definition) is 4. The van der Waals surface area contributed by atoms with Crippen LogP contribution in [0.1, 0.15) is 0 Å². The Hall–Kier alpha value is -12.4. The summed E-state index contributed by atoms with van der Waals surface area (Å²) in [6, 6.07) is 129. The zero-order chi connectivity index (χ0) is 63.2. The van der Waals surface area contributed by atoms with E-state index in [9.17, 15) is 0 Å². The monoisotopic (exact) mass is 1220 g/mol. The van der Waals surface area contributed by atoms with E-state index in [1.807, 2.05) is 0 Å². The van der Waals surface area contributed by atoms with Crippen LogP contribution in [0.2, 0.25) is 0 Å². The molecule has 446 valence electrons. The topological polar surface area (TPSA) is 24.9 Å². The maximum atomic E-state index is 7.93. The van der Waals surface area contributed by atoms with E-state index >= 15 is 0 Å². The number of rotatable bonds is 10. The average Bonchev–Trinajstić information content (AvgIpc) is 0.692. The maximum Gasteiger partial charge on any atom is 0.256 e. The Kier molecular flexibility index (Phi) is 13.1. The summed E-state index contributed by atoms with van der Waals surface area (Å²) < 4.78 is 15.5. The van der Waals surface area contributed by atoms with Gasteiger partial charge in [-0.05, 0) is 136 Å². The minimum Gasteiger partial charge on any atom is -0.458 e. The third-order valence-corrected chi connectivity index (χ3v) is 20.0. The van der Waals surface area contributed by atoms with Crippen molar-refractivity contribution in [3.63, 3.8) is 0 Å². The van der Waals surface area contributed by atoms with Crippen LogP contribution in [0, 0.1) is 0 Å². The third kappa shape index (κ3) is 9.09. The number of nitrogens with zero attached hydrogens (tertiary/aromatic N) is 2. The first-order valence-electron chi connectivity index (χ1n) is 33.1. The molecule has 0 aromatic heterocycles. The van der Waals surface area contributed by atoms with E-state index in [0.717, 1.165) is 173 Å². The maximum absolute atomic E-state index is 7.93. The van der Waals surface area contributed by atoms with Gasteiger partial charge in [-0.2, -0.15) is 0 Å². The minimum atomic E-state index is -0.278. The molecule has 0 saturated heterocycles. The summed E-state index contributed by atoms with van der Waals surface area (Å²) in [5.41, 5.74) is 31.0. The standard InChI is InChI=1S/C90H58B2N2O2/c1-9-27-59(28-10-1)67-47-49-75-79(51-67)93(89-71(63-35-17-5-18-36-63)43-25-44-72(89)64-37-19-6-20-38-64)81-52-69(61-31-13-3-14-32-61)55-85-87(81)91(75)78-57-77-80(58-84(78)96-85)94(90-73(65-39-21-7-22-40-65)45-26-46-74(90)66-41-23-8-24-42-66)82-53-70(62-33-15-4-16-34-62)56-86-88(82)92(77)76-50-48-68(54-83(76)95-86)60-29-11-2-12-30-60/h1-58H. The summed E-state index contributed by atoms with van der Waals surface area (Å²) in [4.78, 5) is 5.15. The van der Waals surface area contributed by atoms with Gasteiger partial charge < -0.3 is 19.3 Å². The number of para-hydroxylation sites is 2. The van der Waals surface area contributed by atoms with Crippen molar-refractivity contribution in [2.45, 2.75) is 0 Å². The molecule has 0 bridgehead atoms. The van der Waals surface area contributed by atoms with Crippen LogP contribution in [0.5, 0.6) is 23.0 Å². The van der Waals surface area contributed by atoms with Gasteiger partial charge in [-0.15, -0.1) is 0 Å². The van der Waals surface area contributed by atoms with Gasteiger partial charge >= 0.3 is 0 Å². The first-order valence-corrected chi connectivity index (χ1v) is 33.1. The quantitative estimate of drug-likeness (QED) is 0.127. The molecule has 0 amide bonds. The summed E-state index contributed by atoms with van der Waals surface area (Å²) in [7, 11) is 0. The Morgan fingerprint density at radius 1 is 0.188 bits per heavy atom. The molecule has 6 heteroatoms. The van der Waals surface area contributed by atoms with Crippen LogP contribution in [-0.4, -0.2) is 13.4 Å². The lowest BCUT2D eigenvalue weighted by Crippen LogP contribution is -2.63. The van der Waals surface area contributed by atoms with E-state index in [2.05, 4.69) is 362 Å². The van der Waals surface area contributed by atoms with Gasteiger partial charge in [0.2, 0.25) is 0 Å². The fourth-order valence-corrected chi connectivity index (χ4v) is 15.6. The molecule has 0 atom stereocenters. The highest BCUT2D eigenvalue weighted by molar-refractivity contribution is 7.02. The van der Waals surface area contributed by atoms with Crippen LogP contribution in [0.15, 0.2) is 352 Å². The van der Waals surface area contributed by atoms with Gasteiger partial charge in [-0.25, -0.2) is 0 Å². The zero-order valence-corrected chi connectivity index (χ0v) is 52.4. The molecule has 0 saturated carbocycles. The van der Waals surface area contributed by atoms with E-state index in [4.69, 9.17) is 9.47 Å². The van der Waals surface area contributed by atoms with E-state index in [0.29, 0.717) is 0 Å². The number of benzene rings is 15. The largest absolute Gasteiger partial charge is 0.458 e. The average molecular weight is 1220 g/mol. The van der Waals surface area contributed by atoms with E-state index in [-0.39, 0.29) is 13.4 Å². The first-order chi connectivity index (χ1) is 47.6. The van der Waals surface area contributed by atoms with Crippen LogP contribution in [-0.2, 0) is 0 Å². The lowest BCUT2D eigenvalue weighted by Gasteiger charge is -2.44. The number of fused-ring (bicyclic) bond motifs is 8. The van der Waals surface area contributed by atoms with Gasteiger partial charge in [0, 0.05) is 51.1 Å². The number of ether oxygens (including phenoxy) is 2. The minimum absolute atomic E-state index is 0.262. The zero-order valence-electron chi connectivity index (χ0n) is 52.4. The molecule has 4 aliphatic rings. The second kappa shape index (κ2) is 22.7. The Morgan fingerprint density at radius 2 is 0.490 bits per heavy atom. The number of anilines is 6. The second-order valence-electron chi connectivity index (χ2n) is 25.4. The van der Waals surface area contributed by atoms with Crippen LogP contribution in [0.25, 0.3) is 89.0 Å². The Labute approximate surface area is 560 Å². The molecule has 19 rings (SSSR count). The van der Waals surface area contributed by atoms with Gasteiger partial charge in [-0.3, -0.25) is 0 Å². The molecule has 0 radical (unpaired) electrons. The van der Waals surface area contributed by atoms with Crippen LogP contribution in [0.4, 0.5) is 34.1 Å². The molecule has 96 heavy (non-hydrogen) atoms. The molecule has 0 N–H and O–H groups in total. The normalized spacial score (nSPS) is 12.7. The van der Waals surface area contributed by atoms with Gasteiger partial charge in [0.15, 0.2) is 0 Å². The Morgan fingerprint density at radius 3 is 0.885 bits per heavy atom. The van der Waals surface area contributed by atoms with Crippen molar-refractivity contribution in [3.05, 3.63) is 352 Å². The SMILES string of the molecule is c1ccc(-c2ccc3c(c2)Oc2cc(-c4ccccc4)cc4c2B3c2cc3c(cc2N4c2c(-c4ccccc4)cccc2-c2ccccc2)Oc2cc(-c4ccccc4)cc4c2B3c2ccc(-c3ccccc3)cc2N4c2c(-c3ccccc3)cccc2-c2ccccc2)cc1. The predicted octanol–water partition coefficient (Wildman–Crippen LogP) is 19.8. The molecule has 0 aliphatic carbocycles. The van der Waals surface area contributed by atoms with Crippen molar-refractivity contribution in [3.8, 4) is 112 Å². The van der Waals surface area contributed by atoms with Crippen LogP contribution < -0.4 is 52.1 Å². The van der Waals surface area contributed by atoms with Crippen LogP contribution in [0.3, 0.4) is 0 Å². The third-order valence-electron chi connectivity index (χ3n) is 20.0. The van der Waals surface area contributed by atoms with Crippen molar-refractivity contribution in [2.75, 3.05) is 9.80 Å². The predicted molar refractivity (Wildman–Crippen MR) is 402 cm³/mol. The number of hydrogen-bond donors (Lipinski definition) is 0. The van der Waals surface area contributed by atoms with Crippen molar-refractivity contribution in [1.82, 2.24) is 0 Å². The van der Waals surface area contributed by atoms with Gasteiger partial charge in [0.05, 0.1) is 11.4 Å². The lowest BCUT2D eigenvalue weighted by molar-refractivity contribution is 0.487. The van der Waals surface area contributed by atoms with Gasteiger partial charge in [0.1, 0.15) is 23.0 Å². The highest BCUT2D eigenvalue weighted by Gasteiger charge is 2.48. The molecule has 4 nitrogen and oxygen atoms in total. The molecule has 4 heterocycles. The summed E-state index contributed by atoms with van der Waals surface area (Å²) in [6.45, 7) is -0.540. The molecule has 0 fully saturated rings. The van der Waals surface area contributed by atoms with Gasteiger partial charge in [-0.1, -0.05) is 309 Å². The van der Waals surface area contributed by atoms with Crippen LogP contribution >= 0.6 is 0 Å². The van der Waals surface area contributed by atoms with Gasteiger partial charge in [0.25, 0.3) is 13.4 Å². The van der Waals surface area contributed by atoms with Crippen molar-refractivity contribution in [1.29, 1.82) is 0 Å². The van der Waals surface area contributed by atoms with Crippen molar-refractivity contribution in [2.24, 2.45) is 0 Å². The molecule has 4 aliphatic heterocycles. The summed E-state index contributed by atoms with van der Waals surface area (Å²) in [5, 5.41) is 0. The van der Waals surface area contributed by atoms with Crippen molar-refractivity contribution < 1.29 is 9.47 Å². The molecule has 0 spiro atoms. The lowest BCUT2D eigenvalue weighted by atomic mass is 9.31. The smallest absolute Gasteiger partial charge is 0.256 e.